The number of aryl methyl sites for hydroxylation is 1. The predicted molar refractivity (Wildman–Crippen MR) is 85.5 cm³/mol. The average Bonchev–Trinajstić information content (AvgIpc) is 3.27. The van der Waals surface area contributed by atoms with Crippen LogP contribution in [0.25, 0.3) is 0 Å². The quantitative estimate of drug-likeness (QED) is 0.774. The third-order valence-electron chi connectivity index (χ3n) is 4.00. The van der Waals surface area contributed by atoms with E-state index < -0.39 is 10.0 Å². The van der Waals surface area contributed by atoms with Crippen LogP contribution < -0.4 is 10.5 Å². The van der Waals surface area contributed by atoms with Crippen LogP contribution in [0, 0.1) is 11.8 Å². The molecule has 1 saturated carbocycles. The maximum atomic E-state index is 12.3. The molecule has 0 amide bonds. The van der Waals surface area contributed by atoms with E-state index >= 15 is 0 Å². The summed E-state index contributed by atoms with van der Waals surface area (Å²) >= 11 is 0. The Bertz CT molecular complexity index is 548. The molecule has 1 aromatic rings. The van der Waals surface area contributed by atoms with Crippen molar-refractivity contribution in [1.29, 1.82) is 0 Å². The minimum absolute atomic E-state index is 0.129. The van der Waals surface area contributed by atoms with E-state index in [0.29, 0.717) is 23.3 Å². The summed E-state index contributed by atoms with van der Waals surface area (Å²) in [7, 11) is -3.45. The molecule has 1 atom stereocenters. The first kappa shape index (κ1) is 16.5. The minimum atomic E-state index is -3.45. The Kier molecular flexibility index (Phi) is 5.41. The third kappa shape index (κ3) is 4.80. The van der Waals surface area contributed by atoms with E-state index in [-0.39, 0.29) is 6.04 Å². The average molecular weight is 310 g/mol. The highest BCUT2D eigenvalue weighted by Crippen LogP contribution is 2.32. The van der Waals surface area contributed by atoms with E-state index in [1.807, 2.05) is 12.1 Å². The molecule has 0 bridgehead atoms. The van der Waals surface area contributed by atoms with E-state index in [1.165, 1.54) is 5.56 Å². The summed E-state index contributed by atoms with van der Waals surface area (Å²) in [5.41, 5.74) is 6.84. The van der Waals surface area contributed by atoms with Gasteiger partial charge in [0.1, 0.15) is 0 Å². The lowest BCUT2D eigenvalue weighted by atomic mass is 10.0. The van der Waals surface area contributed by atoms with Crippen molar-refractivity contribution < 1.29 is 8.42 Å². The van der Waals surface area contributed by atoms with Gasteiger partial charge in [-0.05, 0) is 55.2 Å². The normalized spacial score (nSPS) is 17.1. The van der Waals surface area contributed by atoms with Crippen LogP contribution in [0.2, 0.25) is 0 Å². The summed E-state index contributed by atoms with van der Waals surface area (Å²) in [6.45, 7) is 4.73. The Balaban J connectivity index is 2.02. The van der Waals surface area contributed by atoms with Crippen LogP contribution in [-0.2, 0) is 16.4 Å². The summed E-state index contributed by atoms with van der Waals surface area (Å²) in [6, 6.07) is 7.07. The highest BCUT2D eigenvalue weighted by Gasteiger charge is 2.33. The first-order valence-electron chi connectivity index (χ1n) is 7.73. The lowest BCUT2D eigenvalue weighted by Crippen LogP contribution is -2.41. The molecule has 118 valence electrons. The molecule has 4 nitrogen and oxygen atoms in total. The van der Waals surface area contributed by atoms with Gasteiger partial charge in [0.15, 0.2) is 0 Å². The zero-order valence-corrected chi connectivity index (χ0v) is 13.7. The van der Waals surface area contributed by atoms with Gasteiger partial charge in [-0.1, -0.05) is 26.0 Å². The van der Waals surface area contributed by atoms with Crippen LogP contribution in [0.4, 0.5) is 0 Å². The second-order valence-electron chi connectivity index (χ2n) is 6.38. The second kappa shape index (κ2) is 6.90. The number of hydrogen-bond donors (Lipinski definition) is 2. The van der Waals surface area contributed by atoms with Gasteiger partial charge >= 0.3 is 0 Å². The number of benzene rings is 1. The molecule has 5 heteroatoms. The standard InChI is InChI=1S/C16H26N2O2S/c1-12(2)3-4-13-5-9-15(10-6-13)21(19,20)18-16(11-17)14-7-8-14/h5-6,9-10,12,14,16,18H,3-4,7-8,11,17H2,1-2H3. The number of rotatable bonds is 8. The molecule has 0 saturated heterocycles. The highest BCUT2D eigenvalue weighted by atomic mass is 32.2. The SMILES string of the molecule is CC(C)CCc1ccc(S(=O)(=O)NC(CN)C2CC2)cc1. The van der Waals surface area contributed by atoms with Gasteiger partial charge in [-0.3, -0.25) is 0 Å². The number of nitrogens with one attached hydrogen (secondary N) is 1. The molecule has 2 rings (SSSR count). The van der Waals surface area contributed by atoms with Gasteiger partial charge in [0.05, 0.1) is 4.90 Å². The van der Waals surface area contributed by atoms with Gasteiger partial charge in [0.2, 0.25) is 10.0 Å². The summed E-state index contributed by atoms with van der Waals surface area (Å²) < 4.78 is 27.4. The lowest BCUT2D eigenvalue weighted by Gasteiger charge is -2.16. The molecule has 0 spiro atoms. The molecular weight excluding hydrogens is 284 g/mol. The molecule has 1 aliphatic carbocycles. The second-order valence-corrected chi connectivity index (χ2v) is 8.09. The Morgan fingerprint density at radius 3 is 2.33 bits per heavy atom. The third-order valence-corrected chi connectivity index (χ3v) is 5.50. The molecule has 0 heterocycles. The van der Waals surface area contributed by atoms with Crippen LogP contribution in [0.1, 0.15) is 38.7 Å². The Morgan fingerprint density at radius 2 is 1.86 bits per heavy atom. The molecule has 3 N–H and O–H groups in total. The van der Waals surface area contributed by atoms with Crippen molar-refractivity contribution >= 4 is 10.0 Å². The summed E-state index contributed by atoms with van der Waals surface area (Å²) in [6.07, 6.45) is 4.23. The lowest BCUT2D eigenvalue weighted by molar-refractivity contribution is 0.519. The fourth-order valence-electron chi connectivity index (χ4n) is 2.39. The van der Waals surface area contributed by atoms with Gasteiger partial charge in [-0.25, -0.2) is 13.1 Å². The summed E-state index contributed by atoms with van der Waals surface area (Å²) in [4.78, 5) is 0.329. The summed E-state index contributed by atoms with van der Waals surface area (Å²) in [5.74, 6) is 1.06. The van der Waals surface area contributed by atoms with E-state index in [0.717, 1.165) is 25.7 Å². The molecule has 1 aliphatic rings. The zero-order valence-electron chi connectivity index (χ0n) is 12.9. The van der Waals surface area contributed by atoms with Gasteiger partial charge in [-0.15, -0.1) is 0 Å². The Morgan fingerprint density at radius 1 is 1.24 bits per heavy atom. The van der Waals surface area contributed by atoms with Crippen molar-refractivity contribution in [3.8, 4) is 0 Å². The molecule has 1 fully saturated rings. The molecule has 1 unspecified atom stereocenters. The first-order chi connectivity index (χ1) is 9.92. The van der Waals surface area contributed by atoms with E-state index in [4.69, 9.17) is 5.73 Å². The number of sulfonamides is 1. The zero-order chi connectivity index (χ0) is 15.5. The topological polar surface area (TPSA) is 72.2 Å². The first-order valence-corrected chi connectivity index (χ1v) is 9.22. The predicted octanol–water partition coefficient (Wildman–Crippen LogP) is 2.29. The van der Waals surface area contributed by atoms with Crippen molar-refractivity contribution in [2.75, 3.05) is 6.54 Å². The highest BCUT2D eigenvalue weighted by molar-refractivity contribution is 7.89. The number of nitrogens with two attached hydrogens (primary N) is 1. The number of hydrogen-bond acceptors (Lipinski definition) is 3. The maximum absolute atomic E-state index is 12.3. The smallest absolute Gasteiger partial charge is 0.240 e. The van der Waals surface area contributed by atoms with Gasteiger partial charge in [-0.2, -0.15) is 0 Å². The van der Waals surface area contributed by atoms with Crippen molar-refractivity contribution in [3.63, 3.8) is 0 Å². The molecule has 1 aromatic carbocycles. The van der Waals surface area contributed by atoms with Crippen molar-refractivity contribution in [1.82, 2.24) is 4.72 Å². The van der Waals surface area contributed by atoms with Crippen LogP contribution in [0.5, 0.6) is 0 Å². The van der Waals surface area contributed by atoms with E-state index in [2.05, 4.69) is 18.6 Å². The molecule has 21 heavy (non-hydrogen) atoms. The van der Waals surface area contributed by atoms with Gasteiger partial charge in [0, 0.05) is 12.6 Å². The van der Waals surface area contributed by atoms with Crippen LogP contribution >= 0.6 is 0 Å². The fourth-order valence-corrected chi connectivity index (χ4v) is 3.71. The molecule has 0 radical (unpaired) electrons. The van der Waals surface area contributed by atoms with Crippen molar-refractivity contribution in [2.45, 2.75) is 50.5 Å². The van der Waals surface area contributed by atoms with Crippen LogP contribution in [0.15, 0.2) is 29.2 Å². The summed E-state index contributed by atoms with van der Waals surface area (Å²) in [5, 5.41) is 0. The van der Waals surface area contributed by atoms with Crippen molar-refractivity contribution in [2.24, 2.45) is 17.6 Å². The molecule has 0 aliphatic heterocycles. The Hall–Kier alpha value is -0.910. The monoisotopic (exact) mass is 310 g/mol. The van der Waals surface area contributed by atoms with Gasteiger partial charge < -0.3 is 5.73 Å². The minimum Gasteiger partial charge on any atom is -0.329 e. The fraction of sp³-hybridized carbons (Fsp3) is 0.625. The van der Waals surface area contributed by atoms with E-state index in [9.17, 15) is 8.42 Å². The molecule has 0 aromatic heterocycles. The van der Waals surface area contributed by atoms with Crippen molar-refractivity contribution in [3.05, 3.63) is 29.8 Å². The Labute approximate surface area is 128 Å². The largest absolute Gasteiger partial charge is 0.329 e. The molecular formula is C16H26N2O2S. The maximum Gasteiger partial charge on any atom is 0.240 e. The van der Waals surface area contributed by atoms with Crippen LogP contribution in [-0.4, -0.2) is 21.0 Å². The van der Waals surface area contributed by atoms with E-state index in [1.54, 1.807) is 12.1 Å². The van der Waals surface area contributed by atoms with Crippen LogP contribution in [0.3, 0.4) is 0 Å². The van der Waals surface area contributed by atoms with Gasteiger partial charge in [0.25, 0.3) is 0 Å².